The van der Waals surface area contributed by atoms with Crippen LogP contribution in [0.2, 0.25) is 0 Å². The van der Waals surface area contributed by atoms with Gasteiger partial charge in [-0.15, -0.1) is 0 Å². The van der Waals surface area contributed by atoms with Gasteiger partial charge in [0.1, 0.15) is 0 Å². The highest BCUT2D eigenvalue weighted by atomic mass is 31.2. The highest BCUT2D eigenvalue weighted by Crippen LogP contribution is 2.25. The van der Waals surface area contributed by atoms with E-state index in [9.17, 15) is 0 Å². The summed E-state index contributed by atoms with van der Waals surface area (Å²) in [4.78, 5) is 21.6. The molecule has 0 unspecified atom stereocenters. The van der Waals surface area contributed by atoms with Gasteiger partial charge in [-0.25, -0.2) is 4.57 Å². The van der Waals surface area contributed by atoms with E-state index in [0.29, 0.717) is 0 Å². The van der Waals surface area contributed by atoms with Gasteiger partial charge in [0.15, 0.2) is 0 Å². The van der Waals surface area contributed by atoms with Crippen molar-refractivity contribution in [1.29, 1.82) is 0 Å². The van der Waals surface area contributed by atoms with E-state index in [0.717, 1.165) is 6.42 Å². The molecule has 0 fully saturated rings. The summed E-state index contributed by atoms with van der Waals surface area (Å²) >= 11 is 0. The molecule has 86 valence electrons. The van der Waals surface area contributed by atoms with Gasteiger partial charge in [0.2, 0.25) is 0 Å². The second-order valence-electron chi connectivity index (χ2n) is 3.18. The lowest BCUT2D eigenvalue weighted by Crippen LogP contribution is -2.17. The molecule has 5 N–H and O–H groups in total. The predicted octanol–water partition coefficient (Wildman–Crippen LogP) is 0.648. The Morgan fingerprint density at radius 2 is 1.67 bits per heavy atom. The van der Waals surface area contributed by atoms with Crippen molar-refractivity contribution in [1.82, 2.24) is 0 Å². The van der Waals surface area contributed by atoms with Crippen molar-refractivity contribution >= 4 is 7.82 Å². The average molecular weight is 233 g/mol. The summed E-state index contributed by atoms with van der Waals surface area (Å²) in [6.45, 7) is 2.02. The van der Waals surface area contributed by atoms with Gasteiger partial charge in [-0.3, -0.25) is 0 Å². The Balaban J connectivity index is 0.000000336. The molecule has 0 radical (unpaired) electrons. The molecule has 0 aliphatic carbocycles. The Kier molecular flexibility index (Phi) is 6.40. The van der Waals surface area contributed by atoms with Crippen LogP contribution in [0.4, 0.5) is 0 Å². The second kappa shape index (κ2) is 6.71. The monoisotopic (exact) mass is 233 g/mol. The molecule has 0 spiro atoms. The molecular formula is C9H16NO4P. The van der Waals surface area contributed by atoms with Crippen LogP contribution < -0.4 is 5.73 Å². The summed E-state index contributed by atoms with van der Waals surface area (Å²) in [7, 11) is -4.64. The van der Waals surface area contributed by atoms with Crippen molar-refractivity contribution in [2.45, 2.75) is 19.4 Å². The third kappa shape index (κ3) is 13.3. The van der Waals surface area contributed by atoms with Crippen LogP contribution in [0.25, 0.3) is 0 Å². The minimum absolute atomic E-state index is 0.266. The van der Waals surface area contributed by atoms with Crippen LogP contribution in [0.15, 0.2) is 30.3 Å². The first-order valence-corrected chi connectivity index (χ1v) is 5.93. The van der Waals surface area contributed by atoms with Crippen LogP contribution in [-0.2, 0) is 11.0 Å². The van der Waals surface area contributed by atoms with E-state index in [1.807, 2.05) is 25.1 Å². The zero-order valence-electron chi connectivity index (χ0n) is 8.45. The number of hydrogen-bond acceptors (Lipinski definition) is 2. The van der Waals surface area contributed by atoms with Gasteiger partial charge < -0.3 is 20.4 Å². The number of phosphoric acid groups is 1. The van der Waals surface area contributed by atoms with Crippen LogP contribution >= 0.6 is 7.82 Å². The van der Waals surface area contributed by atoms with E-state index in [-0.39, 0.29) is 6.04 Å². The first kappa shape index (κ1) is 14.3. The van der Waals surface area contributed by atoms with Crippen LogP contribution in [0.3, 0.4) is 0 Å². The average Bonchev–Trinajstić information content (AvgIpc) is 2.01. The molecule has 5 nitrogen and oxygen atoms in total. The summed E-state index contributed by atoms with van der Waals surface area (Å²) in [5, 5.41) is 0. The molecule has 6 heteroatoms. The second-order valence-corrected chi connectivity index (χ2v) is 4.21. The number of hydrogen-bond donors (Lipinski definition) is 4. The predicted molar refractivity (Wildman–Crippen MR) is 58.1 cm³/mol. The fraction of sp³-hybridized carbons (Fsp3) is 0.333. The van der Waals surface area contributed by atoms with Crippen LogP contribution in [0, 0.1) is 0 Å². The molecular weight excluding hydrogens is 217 g/mol. The summed E-state index contributed by atoms with van der Waals surface area (Å²) in [6, 6.07) is 10.6. The fourth-order valence-electron chi connectivity index (χ4n) is 0.986. The van der Waals surface area contributed by atoms with Gasteiger partial charge in [-0.05, 0) is 18.9 Å². The molecule has 1 atom stereocenters. The Morgan fingerprint density at radius 1 is 1.27 bits per heavy atom. The highest BCUT2D eigenvalue weighted by molar-refractivity contribution is 7.45. The minimum Gasteiger partial charge on any atom is -0.328 e. The number of nitrogens with two attached hydrogens (primary N) is 1. The maximum Gasteiger partial charge on any atom is 0.466 e. The Bertz CT molecular complexity index is 301. The lowest BCUT2D eigenvalue weighted by molar-refractivity contribution is 0.275. The van der Waals surface area contributed by atoms with Crippen LogP contribution in [-0.4, -0.2) is 20.7 Å². The van der Waals surface area contributed by atoms with Gasteiger partial charge in [-0.1, -0.05) is 30.3 Å². The standard InChI is InChI=1S/C9H13N.H3O4P/c1-8(10)7-9-5-3-2-4-6-9;1-5(2,3)4/h2-6,8H,7,10H2,1H3;(H3,1,2,3,4)/t8-;/m1./s1. The van der Waals surface area contributed by atoms with E-state index >= 15 is 0 Å². The maximum atomic E-state index is 8.88. The molecule has 1 rings (SSSR count). The SMILES string of the molecule is C[C@@H](N)Cc1ccccc1.O=P(O)(O)O. The van der Waals surface area contributed by atoms with Gasteiger partial charge in [0, 0.05) is 6.04 Å². The summed E-state index contributed by atoms with van der Waals surface area (Å²) in [5.74, 6) is 0. The topological polar surface area (TPSA) is 104 Å². The Labute approximate surface area is 88.8 Å². The van der Waals surface area contributed by atoms with E-state index in [1.165, 1.54) is 5.56 Å². The third-order valence-electron chi connectivity index (χ3n) is 1.40. The van der Waals surface area contributed by atoms with Crippen LogP contribution in [0.5, 0.6) is 0 Å². The summed E-state index contributed by atoms with van der Waals surface area (Å²) in [6.07, 6.45) is 0.973. The summed E-state index contributed by atoms with van der Waals surface area (Å²) < 4.78 is 8.88. The number of rotatable bonds is 2. The van der Waals surface area contributed by atoms with E-state index in [2.05, 4.69) is 12.1 Å². The van der Waals surface area contributed by atoms with Crippen molar-refractivity contribution in [2.24, 2.45) is 5.73 Å². The van der Waals surface area contributed by atoms with Crippen molar-refractivity contribution in [3.63, 3.8) is 0 Å². The molecule has 0 aromatic heterocycles. The fourth-order valence-corrected chi connectivity index (χ4v) is 0.986. The Hall–Kier alpha value is -0.710. The molecule has 15 heavy (non-hydrogen) atoms. The Morgan fingerprint density at radius 3 is 2.00 bits per heavy atom. The normalized spacial score (nSPS) is 12.6. The molecule has 1 aromatic carbocycles. The quantitative estimate of drug-likeness (QED) is 0.561. The molecule has 1 aromatic rings. The van der Waals surface area contributed by atoms with Crippen LogP contribution in [0.1, 0.15) is 12.5 Å². The van der Waals surface area contributed by atoms with Gasteiger partial charge in [0.05, 0.1) is 0 Å². The molecule has 0 saturated heterocycles. The van der Waals surface area contributed by atoms with E-state index in [4.69, 9.17) is 25.0 Å². The molecule has 0 aliphatic heterocycles. The molecule has 0 bridgehead atoms. The minimum atomic E-state index is -4.64. The zero-order chi connectivity index (χ0) is 11.9. The first-order valence-electron chi connectivity index (χ1n) is 4.37. The third-order valence-corrected chi connectivity index (χ3v) is 1.40. The van der Waals surface area contributed by atoms with Gasteiger partial charge in [0.25, 0.3) is 0 Å². The lowest BCUT2D eigenvalue weighted by Gasteiger charge is -2.02. The maximum absolute atomic E-state index is 8.88. The zero-order valence-corrected chi connectivity index (χ0v) is 9.34. The molecule has 0 saturated carbocycles. The van der Waals surface area contributed by atoms with Crippen molar-refractivity contribution in [3.05, 3.63) is 35.9 Å². The van der Waals surface area contributed by atoms with Crippen molar-refractivity contribution in [2.75, 3.05) is 0 Å². The van der Waals surface area contributed by atoms with E-state index in [1.54, 1.807) is 0 Å². The largest absolute Gasteiger partial charge is 0.466 e. The summed E-state index contributed by atoms with van der Waals surface area (Å²) in [5.41, 5.74) is 6.94. The van der Waals surface area contributed by atoms with E-state index < -0.39 is 7.82 Å². The lowest BCUT2D eigenvalue weighted by atomic mass is 10.1. The smallest absolute Gasteiger partial charge is 0.328 e. The van der Waals surface area contributed by atoms with Crippen molar-refractivity contribution in [3.8, 4) is 0 Å². The number of benzene rings is 1. The van der Waals surface area contributed by atoms with Gasteiger partial charge >= 0.3 is 7.82 Å². The highest BCUT2D eigenvalue weighted by Gasteiger charge is 2.00. The van der Waals surface area contributed by atoms with Crippen molar-refractivity contribution < 1.29 is 19.2 Å². The first-order chi connectivity index (χ1) is 6.79. The molecule has 0 heterocycles. The molecule has 0 aliphatic rings. The van der Waals surface area contributed by atoms with Gasteiger partial charge in [-0.2, -0.15) is 0 Å². The molecule has 0 amide bonds.